The summed E-state index contributed by atoms with van der Waals surface area (Å²) in [5.74, 6) is 1.17. The van der Waals surface area contributed by atoms with Crippen LogP contribution >= 0.6 is 11.3 Å². The van der Waals surface area contributed by atoms with Gasteiger partial charge in [0.05, 0.1) is 19.3 Å². The minimum absolute atomic E-state index is 0. The standard InChI is InChI=1S/C30H33N2SSi.C13H24O2.Ir/c1-6-34(7-2,8-3)26-18-23(17-21-12-9-10-14-24(21)26)27-30-28(32-19-31-27)25-15-11-13-22(16-20(4)5)29(25)33-30;1-5-10(6-2)12(14)9-13(15)11(7-3)8-4;/h9-15,18-20H,6-8,16H2,1-5H3;9-11,14H,5-8H2,1-4H3;/q-1;;/b;12-9-;. The van der Waals surface area contributed by atoms with Crippen LogP contribution in [-0.4, -0.2) is 28.9 Å². The Morgan fingerprint density at radius 1 is 0.840 bits per heavy atom. The number of hydrogen-bond donors (Lipinski definition) is 1. The van der Waals surface area contributed by atoms with Crippen molar-refractivity contribution in [2.75, 3.05) is 0 Å². The zero-order chi connectivity index (χ0) is 35.7. The van der Waals surface area contributed by atoms with Crippen LogP contribution in [-0.2, 0) is 31.3 Å². The monoisotopic (exact) mass is 886 g/mol. The third kappa shape index (κ3) is 9.01. The van der Waals surface area contributed by atoms with Gasteiger partial charge in [0.25, 0.3) is 0 Å². The van der Waals surface area contributed by atoms with Crippen LogP contribution in [0.2, 0.25) is 18.1 Å². The van der Waals surface area contributed by atoms with E-state index in [-0.39, 0.29) is 43.5 Å². The van der Waals surface area contributed by atoms with Gasteiger partial charge < -0.3 is 5.11 Å². The Morgan fingerprint density at radius 3 is 2.06 bits per heavy atom. The van der Waals surface area contributed by atoms with Crippen molar-refractivity contribution < 1.29 is 30.0 Å². The molecule has 0 saturated carbocycles. The summed E-state index contributed by atoms with van der Waals surface area (Å²) in [6, 6.07) is 25.4. The number of hydrogen-bond acceptors (Lipinski definition) is 5. The first-order chi connectivity index (χ1) is 23.6. The second-order valence-corrected chi connectivity index (χ2v) is 20.1. The molecule has 0 fully saturated rings. The van der Waals surface area contributed by atoms with E-state index in [2.05, 4.69) is 89.2 Å². The number of aliphatic hydroxyl groups is 1. The molecule has 0 aliphatic heterocycles. The number of rotatable bonds is 14. The van der Waals surface area contributed by atoms with Gasteiger partial charge in [-0.15, -0.1) is 40.1 Å². The molecule has 0 unspecified atom stereocenters. The van der Waals surface area contributed by atoms with E-state index >= 15 is 0 Å². The van der Waals surface area contributed by atoms with Crippen molar-refractivity contribution in [2.45, 2.75) is 113 Å². The molecule has 1 N–H and O–H groups in total. The van der Waals surface area contributed by atoms with Gasteiger partial charge in [-0.2, -0.15) is 0 Å². The fourth-order valence-corrected chi connectivity index (χ4v) is 12.5. The molecule has 2 aromatic heterocycles. The van der Waals surface area contributed by atoms with Gasteiger partial charge in [0.15, 0.2) is 5.78 Å². The Labute approximate surface area is 319 Å². The van der Waals surface area contributed by atoms with Gasteiger partial charge in [-0.1, -0.05) is 128 Å². The second kappa shape index (κ2) is 19.2. The van der Waals surface area contributed by atoms with Gasteiger partial charge in [-0.3, -0.25) is 9.78 Å². The minimum atomic E-state index is -1.61. The van der Waals surface area contributed by atoms with Gasteiger partial charge in [0.2, 0.25) is 0 Å². The SMILES string of the molecule is CCC(CC)C(=O)/C=C(\O)C(CC)CC.CC[Si](CC)(CC)c1cc(-c2ncnc3c2sc2c(CC(C)C)cccc23)[c-]c2ccccc12.[Ir]. The van der Waals surface area contributed by atoms with Crippen LogP contribution in [0.3, 0.4) is 0 Å². The molecule has 7 heteroatoms. The minimum Gasteiger partial charge on any atom is -0.512 e. The molecule has 0 atom stereocenters. The molecular weight excluding hydrogens is 829 g/mol. The number of ketones is 1. The predicted molar refractivity (Wildman–Crippen MR) is 216 cm³/mol. The summed E-state index contributed by atoms with van der Waals surface area (Å²) in [5.41, 5.74) is 4.63. The number of benzene rings is 3. The number of allylic oxidation sites excluding steroid dienone is 2. The first-order valence-corrected chi connectivity index (χ1v) is 22.1. The number of thiophene rings is 1. The maximum Gasteiger partial charge on any atom is 0.162 e. The van der Waals surface area contributed by atoms with Crippen LogP contribution in [0.5, 0.6) is 0 Å². The Morgan fingerprint density at radius 2 is 1.46 bits per heavy atom. The maximum absolute atomic E-state index is 11.7. The zero-order valence-electron chi connectivity index (χ0n) is 31.7. The molecule has 3 aromatic carbocycles. The van der Waals surface area contributed by atoms with Crippen LogP contribution < -0.4 is 5.19 Å². The van der Waals surface area contributed by atoms with Gasteiger partial charge in [0, 0.05) is 58.5 Å². The average Bonchev–Trinajstić information content (AvgIpc) is 3.50. The maximum atomic E-state index is 11.7. The van der Waals surface area contributed by atoms with E-state index in [0.29, 0.717) is 5.92 Å². The number of carbonyl (C=O) groups excluding carboxylic acids is 1. The number of aliphatic hydroxyl groups excluding tert-OH is 1. The Bertz CT molecular complexity index is 1880. The summed E-state index contributed by atoms with van der Waals surface area (Å²) >= 11 is 1.85. The van der Waals surface area contributed by atoms with Gasteiger partial charge in [-0.25, -0.2) is 4.98 Å². The molecule has 0 aliphatic carbocycles. The third-order valence-corrected chi connectivity index (χ3v) is 17.6. The molecule has 0 amide bonds. The van der Waals surface area contributed by atoms with Crippen molar-refractivity contribution >= 4 is 61.5 Å². The van der Waals surface area contributed by atoms with E-state index in [1.807, 2.05) is 39.0 Å². The van der Waals surface area contributed by atoms with Crippen LogP contribution in [0.25, 0.3) is 42.3 Å². The first kappa shape index (κ1) is 41.7. The molecule has 0 aliphatic rings. The molecule has 4 nitrogen and oxygen atoms in total. The summed E-state index contributed by atoms with van der Waals surface area (Å²) in [7, 11) is -1.61. The van der Waals surface area contributed by atoms with Crippen molar-refractivity contribution in [2.24, 2.45) is 17.8 Å². The number of aromatic nitrogens is 2. The zero-order valence-corrected chi connectivity index (χ0v) is 35.9. The number of nitrogens with zero attached hydrogens (tertiary/aromatic N) is 2. The smallest absolute Gasteiger partial charge is 0.162 e. The molecule has 0 bridgehead atoms. The largest absolute Gasteiger partial charge is 0.512 e. The normalized spacial score (nSPS) is 12.2. The van der Waals surface area contributed by atoms with E-state index < -0.39 is 8.07 Å². The van der Waals surface area contributed by atoms with Crippen LogP contribution in [0.15, 0.2) is 66.7 Å². The van der Waals surface area contributed by atoms with Crippen molar-refractivity contribution in [3.63, 3.8) is 0 Å². The van der Waals surface area contributed by atoms with Crippen molar-refractivity contribution in [3.8, 4) is 11.3 Å². The Kier molecular flexibility index (Phi) is 16.0. The summed E-state index contributed by atoms with van der Waals surface area (Å²) in [6.07, 6.45) is 7.73. The van der Waals surface area contributed by atoms with Crippen molar-refractivity contribution in [1.29, 1.82) is 0 Å². The van der Waals surface area contributed by atoms with Gasteiger partial charge >= 0.3 is 0 Å². The summed E-state index contributed by atoms with van der Waals surface area (Å²) < 4.78 is 2.54. The number of carbonyl (C=O) groups is 1. The first-order valence-electron chi connectivity index (χ1n) is 18.7. The van der Waals surface area contributed by atoms with E-state index in [1.54, 1.807) is 11.5 Å². The third-order valence-electron chi connectivity index (χ3n) is 10.7. The Hall–Kier alpha value is -2.70. The van der Waals surface area contributed by atoms with E-state index in [4.69, 9.17) is 9.97 Å². The topological polar surface area (TPSA) is 63.1 Å². The summed E-state index contributed by atoms with van der Waals surface area (Å²) in [5, 5.41) is 15.2. The van der Waals surface area contributed by atoms with Crippen LogP contribution in [0.1, 0.15) is 93.6 Å². The second-order valence-electron chi connectivity index (χ2n) is 13.9. The quantitative estimate of drug-likeness (QED) is 0.0522. The Balaban J connectivity index is 0.000000361. The molecule has 1 radical (unpaired) electrons. The molecule has 50 heavy (non-hydrogen) atoms. The molecule has 0 spiro atoms. The molecule has 0 saturated heterocycles. The summed E-state index contributed by atoms with van der Waals surface area (Å²) in [4.78, 5) is 21.3. The van der Waals surface area contributed by atoms with Gasteiger partial charge in [0.1, 0.15) is 6.33 Å². The fraction of sp³-hybridized carbons (Fsp3) is 0.465. The summed E-state index contributed by atoms with van der Waals surface area (Å²) in [6.45, 7) is 19.8. The molecular formula is C43H57IrN2O2SSi-. The van der Waals surface area contributed by atoms with E-state index in [0.717, 1.165) is 48.9 Å². The van der Waals surface area contributed by atoms with Crippen LogP contribution in [0.4, 0.5) is 0 Å². The van der Waals surface area contributed by atoms with Gasteiger partial charge in [-0.05, 0) is 43.6 Å². The fourth-order valence-electron chi connectivity index (χ4n) is 7.35. The molecule has 5 aromatic rings. The van der Waals surface area contributed by atoms with Crippen molar-refractivity contribution in [3.05, 3.63) is 78.3 Å². The molecule has 271 valence electrons. The van der Waals surface area contributed by atoms with E-state index in [1.165, 1.54) is 55.3 Å². The van der Waals surface area contributed by atoms with Crippen molar-refractivity contribution in [1.82, 2.24) is 9.97 Å². The molecule has 2 heterocycles. The molecule has 5 rings (SSSR count). The number of fused-ring (bicyclic) bond motifs is 4. The average molecular weight is 886 g/mol. The predicted octanol–water partition coefficient (Wildman–Crippen LogP) is 12.2. The van der Waals surface area contributed by atoms with Crippen LogP contribution in [0, 0.1) is 23.8 Å². The van der Waals surface area contributed by atoms with E-state index in [9.17, 15) is 9.90 Å².